The molecule has 4 rings (SSSR count). The molecule has 2 heterocycles. The minimum absolute atomic E-state index is 0.637. The second-order valence-corrected chi connectivity index (χ2v) is 8.91. The highest BCUT2D eigenvalue weighted by atomic mass is 16.3. The van der Waals surface area contributed by atoms with Crippen molar-refractivity contribution >= 4 is 0 Å². The van der Waals surface area contributed by atoms with Crippen molar-refractivity contribution in [1.29, 1.82) is 0 Å². The van der Waals surface area contributed by atoms with Crippen LogP contribution >= 0.6 is 0 Å². The van der Waals surface area contributed by atoms with Gasteiger partial charge >= 0.3 is 0 Å². The van der Waals surface area contributed by atoms with Gasteiger partial charge in [-0.3, -0.25) is 4.90 Å². The van der Waals surface area contributed by atoms with Crippen LogP contribution in [-0.4, -0.2) is 47.6 Å². The third kappa shape index (κ3) is 4.83. The molecule has 0 aliphatic carbocycles. The first-order valence-corrected chi connectivity index (χ1v) is 10.9. The molecule has 0 saturated carbocycles. The number of likely N-dealkylation sites (tertiary alicyclic amines) is 2. The fourth-order valence-electron chi connectivity index (χ4n) is 4.86. The number of hydrogen-bond donors (Lipinski definition) is 1. The maximum absolute atomic E-state index is 11.1. The minimum atomic E-state index is -0.637. The van der Waals surface area contributed by atoms with Gasteiger partial charge in [-0.25, -0.2) is 0 Å². The first-order valence-electron chi connectivity index (χ1n) is 10.9. The zero-order valence-corrected chi connectivity index (χ0v) is 17.2. The number of aryl methyl sites for hydroxylation is 1. The molecule has 28 heavy (non-hydrogen) atoms. The summed E-state index contributed by atoms with van der Waals surface area (Å²) >= 11 is 0. The normalized spacial score (nSPS) is 21.6. The summed E-state index contributed by atoms with van der Waals surface area (Å²) < 4.78 is 0. The van der Waals surface area contributed by atoms with Crippen LogP contribution in [0, 0.1) is 12.8 Å². The Morgan fingerprint density at radius 1 is 0.893 bits per heavy atom. The van der Waals surface area contributed by atoms with Crippen LogP contribution in [0.4, 0.5) is 0 Å². The van der Waals surface area contributed by atoms with Crippen LogP contribution in [0.25, 0.3) is 0 Å². The molecule has 1 N–H and O–H groups in total. The van der Waals surface area contributed by atoms with E-state index in [1.165, 1.54) is 43.6 Å². The zero-order chi connectivity index (χ0) is 19.4. The molecule has 0 spiro atoms. The Bertz CT molecular complexity index is 744. The van der Waals surface area contributed by atoms with Gasteiger partial charge in [0.15, 0.2) is 0 Å². The van der Waals surface area contributed by atoms with E-state index in [1.54, 1.807) is 0 Å². The zero-order valence-electron chi connectivity index (χ0n) is 17.2. The van der Waals surface area contributed by atoms with Crippen LogP contribution in [0.1, 0.15) is 42.4 Å². The van der Waals surface area contributed by atoms with E-state index >= 15 is 0 Å². The van der Waals surface area contributed by atoms with Gasteiger partial charge in [-0.15, -0.1) is 0 Å². The van der Waals surface area contributed by atoms with Crippen molar-refractivity contribution in [3.8, 4) is 0 Å². The summed E-state index contributed by atoms with van der Waals surface area (Å²) in [5.41, 5.74) is 3.12. The van der Waals surface area contributed by atoms with Crippen LogP contribution in [0.15, 0.2) is 54.6 Å². The highest BCUT2D eigenvalue weighted by molar-refractivity contribution is 5.28. The molecule has 2 aromatic rings. The minimum Gasteiger partial charge on any atom is -0.385 e. The molecular weight excluding hydrogens is 344 g/mol. The lowest BCUT2D eigenvalue weighted by Crippen LogP contribution is -2.45. The van der Waals surface area contributed by atoms with E-state index in [4.69, 9.17) is 0 Å². The lowest BCUT2D eigenvalue weighted by Gasteiger charge is -2.41. The van der Waals surface area contributed by atoms with Gasteiger partial charge in [-0.1, -0.05) is 60.2 Å². The van der Waals surface area contributed by atoms with Crippen molar-refractivity contribution in [3.05, 3.63) is 71.3 Å². The molecule has 3 heteroatoms. The Morgan fingerprint density at radius 2 is 1.61 bits per heavy atom. The van der Waals surface area contributed by atoms with Gasteiger partial charge in [0.1, 0.15) is 0 Å². The van der Waals surface area contributed by atoms with Gasteiger partial charge in [0.25, 0.3) is 0 Å². The van der Waals surface area contributed by atoms with Gasteiger partial charge in [0.2, 0.25) is 0 Å². The third-order valence-corrected chi connectivity index (χ3v) is 6.71. The van der Waals surface area contributed by atoms with Crippen molar-refractivity contribution in [2.45, 2.75) is 44.8 Å². The van der Waals surface area contributed by atoms with Crippen molar-refractivity contribution in [2.24, 2.45) is 5.92 Å². The van der Waals surface area contributed by atoms with E-state index in [0.29, 0.717) is 0 Å². The summed E-state index contributed by atoms with van der Waals surface area (Å²) in [7, 11) is 0. The fraction of sp³-hybridized carbons (Fsp3) is 0.520. The first-order chi connectivity index (χ1) is 13.6. The van der Waals surface area contributed by atoms with Gasteiger partial charge in [0, 0.05) is 26.2 Å². The number of aliphatic hydroxyl groups is 1. The van der Waals surface area contributed by atoms with Crippen LogP contribution in [-0.2, 0) is 12.1 Å². The Morgan fingerprint density at radius 3 is 2.29 bits per heavy atom. The number of piperidine rings is 2. The summed E-state index contributed by atoms with van der Waals surface area (Å²) in [6, 6.07) is 19.2. The number of hydrogen-bond acceptors (Lipinski definition) is 3. The highest BCUT2D eigenvalue weighted by Gasteiger charge is 2.34. The predicted molar refractivity (Wildman–Crippen MR) is 115 cm³/mol. The molecule has 2 aromatic carbocycles. The Labute approximate surface area is 170 Å². The number of nitrogens with zero attached hydrogens (tertiary/aromatic N) is 2. The smallest absolute Gasteiger partial charge is 0.0921 e. The molecule has 0 radical (unpaired) electrons. The van der Waals surface area contributed by atoms with Gasteiger partial charge in [-0.05, 0) is 62.7 Å². The van der Waals surface area contributed by atoms with Crippen molar-refractivity contribution in [1.82, 2.24) is 9.80 Å². The van der Waals surface area contributed by atoms with E-state index in [1.807, 2.05) is 0 Å². The Kier molecular flexibility index (Phi) is 6.15. The molecule has 150 valence electrons. The average Bonchev–Trinajstić information content (AvgIpc) is 2.72. The van der Waals surface area contributed by atoms with E-state index in [-0.39, 0.29) is 0 Å². The maximum Gasteiger partial charge on any atom is 0.0921 e. The van der Waals surface area contributed by atoms with Crippen LogP contribution < -0.4 is 0 Å². The monoisotopic (exact) mass is 378 g/mol. The van der Waals surface area contributed by atoms with Gasteiger partial charge in [-0.2, -0.15) is 0 Å². The van der Waals surface area contributed by atoms with E-state index in [2.05, 4.69) is 71.3 Å². The number of benzene rings is 2. The lowest BCUT2D eigenvalue weighted by atomic mass is 9.83. The maximum atomic E-state index is 11.1. The fourth-order valence-corrected chi connectivity index (χ4v) is 4.86. The first kappa shape index (κ1) is 19.6. The van der Waals surface area contributed by atoms with E-state index in [0.717, 1.165) is 44.0 Å². The standard InChI is InChI=1S/C25H34N2O/c1-21-6-5-9-24(18-21)25(28)12-16-27(17-13-25)20-23-10-14-26(15-11-23)19-22-7-3-2-4-8-22/h2-9,18,23,28H,10-17,19-20H2,1H3. The SMILES string of the molecule is Cc1cccc(C2(O)CCN(CC3CCN(Cc4ccccc4)CC3)CC2)c1. The van der Waals surface area contributed by atoms with E-state index < -0.39 is 5.60 Å². The summed E-state index contributed by atoms with van der Waals surface area (Å²) in [5, 5.41) is 11.1. The van der Waals surface area contributed by atoms with Crippen molar-refractivity contribution in [3.63, 3.8) is 0 Å². The molecule has 3 nitrogen and oxygen atoms in total. The average molecular weight is 379 g/mol. The molecule has 0 unspecified atom stereocenters. The molecule has 0 bridgehead atoms. The highest BCUT2D eigenvalue weighted by Crippen LogP contribution is 2.34. The Hall–Kier alpha value is -1.68. The largest absolute Gasteiger partial charge is 0.385 e. The van der Waals surface area contributed by atoms with Crippen LogP contribution in [0.2, 0.25) is 0 Å². The lowest BCUT2D eigenvalue weighted by molar-refractivity contribution is -0.0307. The molecule has 0 amide bonds. The van der Waals surface area contributed by atoms with Crippen LogP contribution in [0.5, 0.6) is 0 Å². The summed E-state index contributed by atoms with van der Waals surface area (Å²) in [4.78, 5) is 5.18. The van der Waals surface area contributed by atoms with E-state index in [9.17, 15) is 5.11 Å². The summed E-state index contributed by atoms with van der Waals surface area (Å²) in [6.45, 7) is 8.82. The molecule has 0 atom stereocenters. The topological polar surface area (TPSA) is 26.7 Å². The van der Waals surface area contributed by atoms with Gasteiger partial charge < -0.3 is 10.0 Å². The van der Waals surface area contributed by atoms with Crippen LogP contribution in [0.3, 0.4) is 0 Å². The van der Waals surface area contributed by atoms with Crippen molar-refractivity contribution < 1.29 is 5.11 Å². The predicted octanol–water partition coefficient (Wildman–Crippen LogP) is 4.19. The summed E-state index contributed by atoms with van der Waals surface area (Å²) in [5.74, 6) is 0.803. The molecule has 2 aliphatic heterocycles. The number of rotatable bonds is 5. The third-order valence-electron chi connectivity index (χ3n) is 6.71. The molecule has 2 aliphatic rings. The Balaban J connectivity index is 1.22. The van der Waals surface area contributed by atoms with Gasteiger partial charge in [0.05, 0.1) is 5.60 Å². The molecular formula is C25H34N2O. The molecule has 2 fully saturated rings. The second-order valence-electron chi connectivity index (χ2n) is 8.91. The molecule has 0 aromatic heterocycles. The summed E-state index contributed by atoms with van der Waals surface area (Å²) in [6.07, 6.45) is 4.30. The molecule has 2 saturated heterocycles. The second kappa shape index (κ2) is 8.77. The van der Waals surface area contributed by atoms with Crippen molar-refractivity contribution in [2.75, 3.05) is 32.7 Å². The quantitative estimate of drug-likeness (QED) is 0.845.